The Morgan fingerprint density at radius 2 is 1.31 bits per heavy atom. The van der Waals surface area contributed by atoms with Gasteiger partial charge in [-0.2, -0.15) is 0 Å². The second-order valence-electron chi connectivity index (χ2n) is 7.84. The molecule has 2 aromatic rings. The van der Waals surface area contributed by atoms with Gasteiger partial charge in [-0.05, 0) is 60.9 Å². The van der Waals surface area contributed by atoms with Crippen LogP contribution in [0.1, 0.15) is 49.1 Å². The molecule has 7 heteroatoms. The van der Waals surface area contributed by atoms with E-state index in [1.807, 2.05) is 24.5 Å². The normalized spacial score (nSPS) is 20.2. The van der Waals surface area contributed by atoms with Crippen molar-refractivity contribution in [2.75, 3.05) is 41.3 Å². The number of rotatable bonds is 10. The van der Waals surface area contributed by atoms with Gasteiger partial charge in [-0.1, -0.05) is 6.92 Å². The summed E-state index contributed by atoms with van der Waals surface area (Å²) in [5.74, 6) is 3.21. The molecule has 6 nitrogen and oxygen atoms in total. The van der Waals surface area contributed by atoms with Gasteiger partial charge in [0.05, 0.1) is 46.0 Å². The average molecular weight is 463 g/mol. The van der Waals surface area contributed by atoms with E-state index in [4.69, 9.17) is 23.7 Å². The molecule has 0 bridgehead atoms. The quantitative estimate of drug-likeness (QED) is 0.484. The van der Waals surface area contributed by atoms with Crippen molar-refractivity contribution in [1.82, 2.24) is 0 Å². The van der Waals surface area contributed by atoms with Crippen molar-refractivity contribution >= 4 is 11.8 Å². The third kappa shape index (κ3) is 4.74. The van der Waals surface area contributed by atoms with Gasteiger partial charge in [0.15, 0.2) is 23.0 Å². The molecule has 0 aliphatic heterocycles. The highest BCUT2D eigenvalue weighted by atomic mass is 32.2. The lowest BCUT2D eigenvalue weighted by Crippen LogP contribution is -2.19. The molecule has 0 unspecified atom stereocenters. The van der Waals surface area contributed by atoms with Crippen LogP contribution in [0.15, 0.2) is 29.2 Å². The molecule has 3 rings (SSSR count). The average Bonchev–Trinajstić information content (AvgIpc) is 3.22. The molecule has 0 aromatic heterocycles. The molecule has 1 saturated carbocycles. The highest BCUT2D eigenvalue weighted by Crippen LogP contribution is 2.50. The molecule has 0 amide bonds. The summed E-state index contributed by atoms with van der Waals surface area (Å²) in [7, 11) is 6.46. The minimum absolute atomic E-state index is 0.000818. The fourth-order valence-electron chi connectivity index (χ4n) is 4.48. The summed E-state index contributed by atoms with van der Waals surface area (Å²) in [5, 5.41) is 11.4. The van der Waals surface area contributed by atoms with E-state index in [1.165, 1.54) is 0 Å². The molecule has 0 radical (unpaired) electrons. The zero-order chi connectivity index (χ0) is 23.3. The van der Waals surface area contributed by atoms with Gasteiger partial charge >= 0.3 is 0 Å². The Hall–Kier alpha value is -2.25. The number of ether oxygens (including phenoxy) is 5. The van der Waals surface area contributed by atoms with Gasteiger partial charge in [-0.25, -0.2) is 0 Å². The number of aliphatic hydroxyl groups is 1. The molecular formula is C25H34O6S. The largest absolute Gasteiger partial charge is 0.493 e. The molecule has 0 spiro atoms. The van der Waals surface area contributed by atoms with Crippen LogP contribution in [-0.4, -0.2) is 52.5 Å². The van der Waals surface area contributed by atoms with Crippen LogP contribution in [0.25, 0.3) is 0 Å². The van der Waals surface area contributed by atoms with Gasteiger partial charge in [-0.3, -0.25) is 0 Å². The highest BCUT2D eigenvalue weighted by Gasteiger charge is 2.38. The Morgan fingerprint density at radius 3 is 1.75 bits per heavy atom. The van der Waals surface area contributed by atoms with E-state index in [0.29, 0.717) is 29.6 Å². The van der Waals surface area contributed by atoms with Crippen molar-refractivity contribution < 1.29 is 28.8 Å². The van der Waals surface area contributed by atoms with Crippen LogP contribution in [0.4, 0.5) is 0 Å². The zero-order valence-corrected chi connectivity index (χ0v) is 20.6. The summed E-state index contributed by atoms with van der Waals surface area (Å²) in [6.45, 7) is 2.72. The smallest absolute Gasteiger partial charge is 0.203 e. The second-order valence-corrected chi connectivity index (χ2v) is 8.69. The van der Waals surface area contributed by atoms with Crippen molar-refractivity contribution in [3.8, 4) is 28.7 Å². The van der Waals surface area contributed by atoms with E-state index in [2.05, 4.69) is 13.0 Å². The minimum atomic E-state index is -0.542. The van der Waals surface area contributed by atoms with E-state index in [0.717, 1.165) is 41.0 Å². The number of thioether (sulfide) groups is 1. The number of methoxy groups -OCH3 is 4. The van der Waals surface area contributed by atoms with Gasteiger partial charge in [0.1, 0.15) is 0 Å². The van der Waals surface area contributed by atoms with Crippen molar-refractivity contribution in [3.63, 3.8) is 0 Å². The standard InChI is InChI=1S/C25H34O6S/c1-7-10-31-25-21(29-4)13-16(14-22(25)32-6)18-9-8-17(23(18)26)15-11-19(27-2)24(30-5)20(12-15)28-3/h11-14,17-18,23,26H,7-10H2,1-6H3/t17-,18+,23+/m1/s1. The summed E-state index contributed by atoms with van der Waals surface area (Å²) < 4.78 is 28.1. The number of hydrogen-bond donors (Lipinski definition) is 1. The fourth-order valence-corrected chi connectivity index (χ4v) is 5.08. The van der Waals surface area contributed by atoms with Crippen LogP contribution >= 0.6 is 11.8 Å². The highest BCUT2D eigenvalue weighted by molar-refractivity contribution is 7.98. The number of hydrogen-bond acceptors (Lipinski definition) is 7. The van der Waals surface area contributed by atoms with Crippen molar-refractivity contribution in [2.24, 2.45) is 0 Å². The molecular weight excluding hydrogens is 428 g/mol. The van der Waals surface area contributed by atoms with Gasteiger partial charge in [0, 0.05) is 11.8 Å². The molecule has 176 valence electrons. The number of benzene rings is 2. The molecule has 0 heterocycles. The van der Waals surface area contributed by atoms with E-state index < -0.39 is 6.10 Å². The van der Waals surface area contributed by atoms with Crippen molar-refractivity contribution in [3.05, 3.63) is 35.4 Å². The Kier molecular flexibility index (Phi) is 8.43. The SMILES string of the molecule is CCCOc1c(OC)cc([C@@H]2CC[C@H](c3cc(OC)c(OC)c(OC)c3)[C@@H]2O)cc1SC. The third-order valence-electron chi connectivity index (χ3n) is 6.09. The first-order valence-electron chi connectivity index (χ1n) is 10.9. The molecule has 1 fully saturated rings. The zero-order valence-electron chi connectivity index (χ0n) is 19.8. The van der Waals surface area contributed by atoms with E-state index in [1.54, 1.807) is 40.2 Å². The summed E-state index contributed by atoms with van der Waals surface area (Å²) in [6.07, 6.45) is 4.14. The fraction of sp³-hybridized carbons (Fsp3) is 0.520. The molecule has 1 aliphatic rings. The van der Waals surface area contributed by atoms with Gasteiger partial charge in [-0.15, -0.1) is 11.8 Å². The van der Waals surface area contributed by atoms with Gasteiger partial charge in [0.2, 0.25) is 5.75 Å². The van der Waals surface area contributed by atoms with Crippen LogP contribution in [0.3, 0.4) is 0 Å². The van der Waals surface area contributed by atoms with Crippen molar-refractivity contribution in [1.29, 1.82) is 0 Å². The predicted octanol–water partition coefficient (Wildman–Crippen LogP) is 5.25. The summed E-state index contributed by atoms with van der Waals surface area (Å²) >= 11 is 1.63. The lowest BCUT2D eigenvalue weighted by molar-refractivity contribution is 0.145. The summed E-state index contributed by atoms with van der Waals surface area (Å²) in [5.41, 5.74) is 2.05. The molecule has 1 aliphatic carbocycles. The Labute approximate surface area is 195 Å². The molecule has 1 N–H and O–H groups in total. The number of aliphatic hydroxyl groups excluding tert-OH is 1. The molecule has 32 heavy (non-hydrogen) atoms. The van der Waals surface area contributed by atoms with E-state index in [9.17, 15) is 5.11 Å². The second kappa shape index (κ2) is 11.1. The first-order valence-corrected chi connectivity index (χ1v) is 12.1. The molecule has 3 atom stereocenters. The van der Waals surface area contributed by atoms with Crippen LogP contribution < -0.4 is 23.7 Å². The first-order chi connectivity index (χ1) is 15.5. The predicted molar refractivity (Wildman–Crippen MR) is 127 cm³/mol. The lowest BCUT2D eigenvalue weighted by Gasteiger charge is -2.23. The van der Waals surface area contributed by atoms with Crippen LogP contribution in [0, 0.1) is 0 Å². The van der Waals surface area contributed by atoms with Crippen molar-refractivity contribution in [2.45, 2.75) is 49.0 Å². The summed E-state index contributed by atoms with van der Waals surface area (Å²) in [4.78, 5) is 1.02. The monoisotopic (exact) mass is 462 g/mol. The van der Waals surface area contributed by atoms with Gasteiger partial charge in [0.25, 0.3) is 0 Å². The van der Waals surface area contributed by atoms with E-state index in [-0.39, 0.29) is 11.8 Å². The maximum atomic E-state index is 11.4. The first kappa shape index (κ1) is 24.4. The van der Waals surface area contributed by atoms with Crippen LogP contribution in [0.5, 0.6) is 28.7 Å². The third-order valence-corrected chi connectivity index (χ3v) is 6.83. The topological polar surface area (TPSA) is 66.4 Å². The maximum Gasteiger partial charge on any atom is 0.203 e. The molecule has 2 aromatic carbocycles. The Balaban J connectivity index is 1.94. The summed E-state index contributed by atoms with van der Waals surface area (Å²) in [6, 6.07) is 8.01. The minimum Gasteiger partial charge on any atom is -0.493 e. The lowest BCUT2D eigenvalue weighted by atomic mass is 9.89. The van der Waals surface area contributed by atoms with Crippen LogP contribution in [0.2, 0.25) is 0 Å². The molecule has 0 saturated heterocycles. The Bertz CT molecular complexity index is 865. The van der Waals surface area contributed by atoms with E-state index >= 15 is 0 Å². The maximum absolute atomic E-state index is 11.4. The van der Waals surface area contributed by atoms with Gasteiger partial charge < -0.3 is 28.8 Å². The van der Waals surface area contributed by atoms with Crippen LogP contribution in [-0.2, 0) is 0 Å². The Morgan fingerprint density at radius 1 is 0.812 bits per heavy atom.